The smallest absolute Gasteiger partial charge is 0.124 e. The molecule has 0 aromatic heterocycles. The van der Waals surface area contributed by atoms with Gasteiger partial charge in [-0.15, -0.1) is 0 Å². The molecule has 3 heteroatoms. The summed E-state index contributed by atoms with van der Waals surface area (Å²) in [5.41, 5.74) is 1.35. The van der Waals surface area contributed by atoms with Crippen LogP contribution >= 0.6 is 15.9 Å². The van der Waals surface area contributed by atoms with Crippen molar-refractivity contribution in [2.75, 3.05) is 0 Å². The van der Waals surface area contributed by atoms with Crippen molar-refractivity contribution in [2.24, 2.45) is 0 Å². The van der Waals surface area contributed by atoms with E-state index in [-0.39, 0.29) is 5.54 Å². The maximum atomic E-state index is 6.25. The fourth-order valence-electron chi connectivity index (χ4n) is 2.52. The molecule has 0 atom stereocenters. The molecule has 0 saturated heterocycles. The van der Waals surface area contributed by atoms with Crippen LogP contribution in [-0.4, -0.2) is 11.6 Å². The maximum absolute atomic E-state index is 6.25. The molecule has 1 N–H and O–H groups in total. The summed E-state index contributed by atoms with van der Waals surface area (Å²) < 4.78 is 7.36. The highest BCUT2D eigenvalue weighted by molar-refractivity contribution is 9.10. The van der Waals surface area contributed by atoms with Gasteiger partial charge < -0.3 is 10.1 Å². The molecule has 20 heavy (non-hydrogen) atoms. The van der Waals surface area contributed by atoms with Crippen LogP contribution in [-0.2, 0) is 6.54 Å². The predicted octanol–water partition coefficient (Wildman–Crippen LogP) is 5.05. The van der Waals surface area contributed by atoms with Crippen LogP contribution in [0.15, 0.2) is 22.7 Å². The molecule has 112 valence electrons. The van der Waals surface area contributed by atoms with Crippen molar-refractivity contribution in [3.63, 3.8) is 0 Å². The van der Waals surface area contributed by atoms with E-state index in [4.69, 9.17) is 4.74 Å². The minimum atomic E-state index is 0.116. The Hall–Kier alpha value is -0.540. The maximum Gasteiger partial charge on any atom is 0.124 e. The van der Waals surface area contributed by atoms with Gasteiger partial charge in [-0.1, -0.05) is 22.4 Å². The van der Waals surface area contributed by atoms with Crippen molar-refractivity contribution in [1.29, 1.82) is 0 Å². The van der Waals surface area contributed by atoms with Crippen LogP contribution in [0.25, 0.3) is 0 Å². The van der Waals surface area contributed by atoms with Crippen LogP contribution < -0.4 is 10.1 Å². The molecule has 1 aromatic carbocycles. The van der Waals surface area contributed by atoms with Crippen molar-refractivity contribution >= 4 is 15.9 Å². The van der Waals surface area contributed by atoms with Gasteiger partial charge in [0.15, 0.2) is 0 Å². The lowest BCUT2D eigenvalue weighted by Crippen LogP contribution is -2.35. The van der Waals surface area contributed by atoms with Crippen molar-refractivity contribution in [2.45, 2.75) is 71.1 Å². The molecule has 0 spiro atoms. The van der Waals surface area contributed by atoms with Crippen LogP contribution in [0.5, 0.6) is 5.75 Å². The summed E-state index contributed by atoms with van der Waals surface area (Å²) in [5.74, 6) is 1.04. The van der Waals surface area contributed by atoms with Gasteiger partial charge in [-0.25, -0.2) is 0 Å². The number of nitrogens with one attached hydrogen (secondary N) is 1. The second-order valence-electron chi connectivity index (χ2n) is 6.73. The number of ether oxygens (including phenoxy) is 1. The standard InChI is InChI=1S/C17H26BrNO/c1-17(2,3)19-12-13-11-14(18)9-10-16(13)20-15-7-5-4-6-8-15/h9-11,15,19H,4-8,12H2,1-3H3. The molecule has 1 aliphatic carbocycles. The molecule has 0 aliphatic heterocycles. The number of rotatable bonds is 4. The van der Waals surface area contributed by atoms with E-state index in [1.54, 1.807) is 0 Å². The Morgan fingerprint density at radius 3 is 2.55 bits per heavy atom. The molecule has 0 heterocycles. The zero-order chi connectivity index (χ0) is 14.6. The summed E-state index contributed by atoms with van der Waals surface area (Å²) in [6.07, 6.45) is 6.76. The van der Waals surface area contributed by atoms with Crippen LogP contribution in [0.3, 0.4) is 0 Å². The third-order valence-electron chi connectivity index (χ3n) is 3.68. The van der Waals surface area contributed by atoms with Crippen molar-refractivity contribution in [3.05, 3.63) is 28.2 Å². The first-order chi connectivity index (χ1) is 9.44. The Morgan fingerprint density at radius 1 is 1.20 bits per heavy atom. The highest BCUT2D eigenvalue weighted by atomic mass is 79.9. The fraction of sp³-hybridized carbons (Fsp3) is 0.647. The molecule has 0 amide bonds. The van der Waals surface area contributed by atoms with E-state index in [2.05, 4.69) is 60.2 Å². The topological polar surface area (TPSA) is 21.3 Å². The zero-order valence-electron chi connectivity index (χ0n) is 12.8. The van der Waals surface area contributed by atoms with E-state index in [0.29, 0.717) is 6.10 Å². The molecule has 1 saturated carbocycles. The Morgan fingerprint density at radius 2 is 1.90 bits per heavy atom. The zero-order valence-corrected chi connectivity index (χ0v) is 14.4. The molecule has 1 aliphatic rings. The summed E-state index contributed by atoms with van der Waals surface area (Å²) in [4.78, 5) is 0. The second kappa shape index (κ2) is 6.95. The molecule has 0 radical (unpaired) electrons. The average Bonchev–Trinajstić information content (AvgIpc) is 2.39. The quantitative estimate of drug-likeness (QED) is 0.828. The Balaban J connectivity index is 2.06. The normalized spacial score (nSPS) is 17.2. The summed E-state index contributed by atoms with van der Waals surface area (Å²) in [5, 5.41) is 3.54. The lowest BCUT2D eigenvalue weighted by atomic mass is 9.97. The van der Waals surface area contributed by atoms with Gasteiger partial charge in [0.05, 0.1) is 6.10 Å². The van der Waals surface area contributed by atoms with Crippen molar-refractivity contribution < 1.29 is 4.74 Å². The molecule has 1 fully saturated rings. The van der Waals surface area contributed by atoms with E-state index < -0.39 is 0 Å². The lowest BCUT2D eigenvalue weighted by molar-refractivity contribution is 0.153. The van der Waals surface area contributed by atoms with Gasteiger partial charge in [0.25, 0.3) is 0 Å². The van der Waals surface area contributed by atoms with E-state index in [9.17, 15) is 0 Å². The van der Waals surface area contributed by atoms with Gasteiger partial charge in [0.1, 0.15) is 5.75 Å². The van der Waals surface area contributed by atoms with E-state index >= 15 is 0 Å². The van der Waals surface area contributed by atoms with Gasteiger partial charge in [0, 0.05) is 22.1 Å². The van der Waals surface area contributed by atoms with Crippen LogP contribution in [0.2, 0.25) is 0 Å². The largest absolute Gasteiger partial charge is 0.490 e. The average molecular weight is 340 g/mol. The number of benzene rings is 1. The highest BCUT2D eigenvalue weighted by Crippen LogP contribution is 2.28. The SMILES string of the molecule is CC(C)(C)NCc1cc(Br)ccc1OC1CCCCC1. The molecule has 2 rings (SSSR count). The van der Waals surface area contributed by atoms with Gasteiger partial charge >= 0.3 is 0 Å². The van der Waals surface area contributed by atoms with E-state index in [0.717, 1.165) is 16.8 Å². The van der Waals surface area contributed by atoms with Crippen LogP contribution in [0, 0.1) is 0 Å². The minimum Gasteiger partial charge on any atom is -0.490 e. The molecule has 0 unspecified atom stereocenters. The number of hydrogen-bond acceptors (Lipinski definition) is 2. The van der Waals surface area contributed by atoms with Crippen molar-refractivity contribution in [3.8, 4) is 5.75 Å². The lowest BCUT2D eigenvalue weighted by Gasteiger charge is -2.26. The summed E-state index contributed by atoms with van der Waals surface area (Å²) in [6.45, 7) is 7.40. The summed E-state index contributed by atoms with van der Waals surface area (Å²) >= 11 is 3.56. The van der Waals surface area contributed by atoms with E-state index in [1.807, 2.05) is 0 Å². The summed E-state index contributed by atoms with van der Waals surface area (Å²) in [6, 6.07) is 6.33. The molecule has 0 bridgehead atoms. The van der Waals surface area contributed by atoms with E-state index in [1.165, 1.54) is 37.7 Å². The first kappa shape index (κ1) is 15.8. The third-order valence-corrected chi connectivity index (χ3v) is 4.17. The first-order valence-corrected chi connectivity index (χ1v) is 8.43. The second-order valence-corrected chi connectivity index (χ2v) is 7.65. The number of hydrogen-bond donors (Lipinski definition) is 1. The van der Waals surface area contributed by atoms with Gasteiger partial charge in [-0.2, -0.15) is 0 Å². The molecular formula is C17H26BrNO. The van der Waals surface area contributed by atoms with Gasteiger partial charge in [-0.3, -0.25) is 0 Å². The highest BCUT2D eigenvalue weighted by Gasteiger charge is 2.17. The Kier molecular flexibility index (Phi) is 5.50. The molecule has 2 nitrogen and oxygen atoms in total. The van der Waals surface area contributed by atoms with Gasteiger partial charge in [-0.05, 0) is 64.7 Å². The number of halogens is 1. The first-order valence-electron chi connectivity index (χ1n) is 7.64. The summed E-state index contributed by atoms with van der Waals surface area (Å²) in [7, 11) is 0. The molecule has 1 aromatic rings. The van der Waals surface area contributed by atoms with Crippen LogP contribution in [0.1, 0.15) is 58.4 Å². The minimum absolute atomic E-state index is 0.116. The Bertz CT molecular complexity index is 433. The van der Waals surface area contributed by atoms with Crippen LogP contribution in [0.4, 0.5) is 0 Å². The monoisotopic (exact) mass is 339 g/mol. The fourth-order valence-corrected chi connectivity index (χ4v) is 2.93. The molecular weight excluding hydrogens is 314 g/mol. The predicted molar refractivity (Wildman–Crippen MR) is 88.2 cm³/mol. The Labute approximate surface area is 131 Å². The van der Waals surface area contributed by atoms with Crippen molar-refractivity contribution in [1.82, 2.24) is 5.32 Å². The third kappa shape index (κ3) is 5.10. The van der Waals surface area contributed by atoms with Gasteiger partial charge in [0.2, 0.25) is 0 Å².